The molecule has 62 valence electrons. The van der Waals surface area contributed by atoms with Crippen LogP contribution in [0.1, 0.15) is 0 Å². The van der Waals surface area contributed by atoms with E-state index in [9.17, 15) is 4.79 Å². The van der Waals surface area contributed by atoms with Gasteiger partial charge in [-0.25, -0.2) is 9.89 Å². The molecule has 0 fully saturated rings. The smallest absolute Gasteiger partial charge is 0.330 e. The number of aromatic amines is 1. The van der Waals surface area contributed by atoms with Crippen molar-refractivity contribution < 1.29 is 0 Å². The van der Waals surface area contributed by atoms with E-state index in [2.05, 4.69) is 10.2 Å². The minimum Gasteiger partial charge on any atom is -0.330 e. The van der Waals surface area contributed by atoms with Crippen LogP contribution in [0.3, 0.4) is 0 Å². The second kappa shape index (κ2) is 3.59. The van der Waals surface area contributed by atoms with Crippen LogP contribution in [0.4, 0.5) is 0 Å². The number of rotatable bonds is 3. The molecule has 0 unspecified atom stereocenters. The fourth-order valence-electron chi connectivity index (χ4n) is 0.612. The lowest BCUT2D eigenvalue weighted by Crippen LogP contribution is -2.13. The van der Waals surface area contributed by atoms with Crippen LogP contribution in [0.25, 0.3) is 0 Å². The summed E-state index contributed by atoms with van der Waals surface area (Å²) >= 11 is 1.46. The van der Waals surface area contributed by atoms with Gasteiger partial charge in [0.1, 0.15) is 0 Å². The minimum atomic E-state index is -0.190. The van der Waals surface area contributed by atoms with Crippen LogP contribution >= 0.6 is 11.8 Å². The topological polar surface area (TPSA) is 76.7 Å². The van der Waals surface area contributed by atoms with Gasteiger partial charge in [-0.1, -0.05) is 11.8 Å². The number of nitrogens with zero attached hydrogens (tertiary/aromatic N) is 2. The molecule has 0 radical (unpaired) electrons. The molecule has 6 heteroatoms. The zero-order valence-corrected chi connectivity index (χ0v) is 7.02. The van der Waals surface area contributed by atoms with E-state index in [1.807, 2.05) is 0 Å². The molecule has 1 rings (SSSR count). The fraction of sp³-hybridized carbons (Fsp3) is 0.600. The molecule has 1 aromatic rings. The summed E-state index contributed by atoms with van der Waals surface area (Å²) in [6.45, 7) is 0.589. The average molecular weight is 174 g/mol. The Kier molecular flexibility index (Phi) is 2.72. The fourth-order valence-corrected chi connectivity index (χ4v) is 1.30. The van der Waals surface area contributed by atoms with Gasteiger partial charge in [0.05, 0.1) is 0 Å². The second-order valence-corrected chi connectivity index (χ2v) is 3.07. The van der Waals surface area contributed by atoms with E-state index in [4.69, 9.17) is 5.73 Å². The average Bonchev–Trinajstić information content (AvgIpc) is 2.31. The van der Waals surface area contributed by atoms with Gasteiger partial charge in [-0.15, -0.1) is 5.10 Å². The summed E-state index contributed by atoms with van der Waals surface area (Å²) in [7, 11) is 1.67. The molecule has 0 atom stereocenters. The highest BCUT2D eigenvalue weighted by atomic mass is 32.2. The summed E-state index contributed by atoms with van der Waals surface area (Å²) in [5, 5.41) is 6.81. The molecule has 0 spiro atoms. The summed E-state index contributed by atoms with van der Waals surface area (Å²) in [6.07, 6.45) is 0. The van der Waals surface area contributed by atoms with Gasteiger partial charge >= 0.3 is 5.69 Å². The first-order valence-electron chi connectivity index (χ1n) is 3.20. The summed E-state index contributed by atoms with van der Waals surface area (Å²) in [5.74, 6) is 0.776. The van der Waals surface area contributed by atoms with Crippen LogP contribution in [0.5, 0.6) is 0 Å². The number of nitrogens with two attached hydrogens (primary N) is 1. The molecular formula is C5H10N4OS. The molecule has 0 bridgehead atoms. The van der Waals surface area contributed by atoms with Gasteiger partial charge in [0, 0.05) is 19.3 Å². The van der Waals surface area contributed by atoms with E-state index >= 15 is 0 Å². The summed E-state index contributed by atoms with van der Waals surface area (Å²) in [4.78, 5) is 10.8. The third-order valence-corrected chi connectivity index (χ3v) is 2.25. The van der Waals surface area contributed by atoms with Gasteiger partial charge in [-0.2, -0.15) is 0 Å². The highest BCUT2D eigenvalue weighted by molar-refractivity contribution is 7.99. The number of hydrogen-bond acceptors (Lipinski definition) is 4. The number of aromatic nitrogens is 3. The molecule has 0 aliphatic heterocycles. The van der Waals surface area contributed by atoms with E-state index in [0.717, 1.165) is 5.75 Å². The number of H-pyrrole nitrogens is 1. The largest absolute Gasteiger partial charge is 0.343 e. The van der Waals surface area contributed by atoms with Crippen molar-refractivity contribution in [3.05, 3.63) is 10.5 Å². The lowest BCUT2D eigenvalue weighted by atomic mass is 10.8. The molecule has 0 aromatic carbocycles. The molecule has 3 N–H and O–H groups in total. The molecule has 1 aromatic heterocycles. The van der Waals surface area contributed by atoms with E-state index in [1.54, 1.807) is 7.05 Å². The number of thioether (sulfide) groups is 1. The lowest BCUT2D eigenvalue weighted by Gasteiger charge is -1.95. The quantitative estimate of drug-likeness (QED) is 0.586. The summed E-state index contributed by atoms with van der Waals surface area (Å²) in [6, 6.07) is 0. The van der Waals surface area contributed by atoms with E-state index < -0.39 is 0 Å². The van der Waals surface area contributed by atoms with Crippen molar-refractivity contribution in [1.82, 2.24) is 14.8 Å². The van der Waals surface area contributed by atoms with Gasteiger partial charge in [0.2, 0.25) is 0 Å². The predicted molar refractivity (Wildman–Crippen MR) is 43.6 cm³/mol. The van der Waals surface area contributed by atoms with Gasteiger partial charge in [0.15, 0.2) is 5.16 Å². The van der Waals surface area contributed by atoms with Gasteiger partial charge < -0.3 is 5.73 Å². The number of hydrogen-bond donors (Lipinski definition) is 2. The Morgan fingerprint density at radius 2 is 2.55 bits per heavy atom. The van der Waals surface area contributed by atoms with Crippen LogP contribution in [0, 0.1) is 0 Å². The first kappa shape index (κ1) is 8.35. The van der Waals surface area contributed by atoms with Crippen molar-refractivity contribution in [3.63, 3.8) is 0 Å². The second-order valence-electron chi connectivity index (χ2n) is 2.01. The normalized spacial score (nSPS) is 10.4. The maximum atomic E-state index is 10.8. The van der Waals surface area contributed by atoms with Crippen molar-refractivity contribution in [2.75, 3.05) is 12.3 Å². The first-order valence-corrected chi connectivity index (χ1v) is 4.18. The highest BCUT2D eigenvalue weighted by Crippen LogP contribution is 2.09. The van der Waals surface area contributed by atoms with Crippen LogP contribution in [-0.4, -0.2) is 27.1 Å². The summed E-state index contributed by atoms with van der Waals surface area (Å²) < 4.78 is 1.46. The van der Waals surface area contributed by atoms with Crippen LogP contribution in [0.2, 0.25) is 0 Å². The molecule has 0 aliphatic rings. The standard InChI is InChI=1S/C5H10N4OS/c1-9-4(10)7-8-5(9)11-3-2-6/h2-3,6H2,1H3,(H,7,10). The van der Waals surface area contributed by atoms with Crippen molar-refractivity contribution in [2.45, 2.75) is 5.16 Å². The van der Waals surface area contributed by atoms with Crippen LogP contribution in [-0.2, 0) is 7.05 Å². The molecule has 0 amide bonds. The monoisotopic (exact) mass is 174 g/mol. The Labute approximate surface area is 68.0 Å². The maximum absolute atomic E-state index is 10.8. The molecule has 0 aliphatic carbocycles. The highest BCUT2D eigenvalue weighted by Gasteiger charge is 2.02. The molecule has 11 heavy (non-hydrogen) atoms. The van der Waals surface area contributed by atoms with E-state index in [-0.39, 0.29) is 5.69 Å². The summed E-state index contributed by atoms with van der Waals surface area (Å²) in [5.41, 5.74) is 5.10. The molecule has 5 nitrogen and oxygen atoms in total. The van der Waals surface area contributed by atoms with Crippen molar-refractivity contribution in [2.24, 2.45) is 12.8 Å². The lowest BCUT2D eigenvalue weighted by molar-refractivity contribution is 0.765. The third kappa shape index (κ3) is 1.84. The molecule has 0 saturated heterocycles. The zero-order chi connectivity index (χ0) is 8.27. The van der Waals surface area contributed by atoms with Gasteiger partial charge in [-0.3, -0.25) is 4.57 Å². The van der Waals surface area contributed by atoms with E-state index in [1.165, 1.54) is 16.3 Å². The van der Waals surface area contributed by atoms with Crippen molar-refractivity contribution in [3.8, 4) is 0 Å². The first-order chi connectivity index (χ1) is 5.25. The van der Waals surface area contributed by atoms with E-state index in [0.29, 0.717) is 11.7 Å². The number of nitrogens with one attached hydrogen (secondary N) is 1. The molecule has 0 saturated carbocycles. The van der Waals surface area contributed by atoms with Crippen molar-refractivity contribution in [1.29, 1.82) is 0 Å². The van der Waals surface area contributed by atoms with Crippen LogP contribution in [0.15, 0.2) is 9.95 Å². The van der Waals surface area contributed by atoms with Crippen molar-refractivity contribution >= 4 is 11.8 Å². The van der Waals surface area contributed by atoms with Crippen LogP contribution < -0.4 is 11.4 Å². The maximum Gasteiger partial charge on any atom is 0.343 e. The Morgan fingerprint density at radius 3 is 3.00 bits per heavy atom. The third-order valence-electron chi connectivity index (χ3n) is 1.19. The van der Waals surface area contributed by atoms with Gasteiger partial charge in [-0.05, 0) is 0 Å². The Morgan fingerprint density at radius 1 is 1.82 bits per heavy atom. The SMILES string of the molecule is Cn1c(SCCN)n[nH]c1=O. The Hall–Kier alpha value is -0.750. The Balaban J connectivity index is 2.71. The Bertz CT molecular complexity index is 278. The molecule has 1 heterocycles. The van der Waals surface area contributed by atoms with Gasteiger partial charge in [0.25, 0.3) is 0 Å². The predicted octanol–water partition coefficient (Wildman–Crippen LogP) is -0.841. The minimum absolute atomic E-state index is 0.190. The molecular weight excluding hydrogens is 164 g/mol. The zero-order valence-electron chi connectivity index (χ0n) is 6.20.